The van der Waals surface area contributed by atoms with Gasteiger partial charge in [-0.1, -0.05) is 6.07 Å². The third-order valence-electron chi connectivity index (χ3n) is 3.74. The topological polar surface area (TPSA) is 75.5 Å². The molecule has 1 aliphatic rings. The smallest absolute Gasteiger partial charge is 0.273 e. The van der Waals surface area contributed by atoms with Crippen molar-refractivity contribution in [2.45, 2.75) is 25.8 Å². The van der Waals surface area contributed by atoms with Crippen LogP contribution < -0.4 is 5.32 Å². The van der Waals surface area contributed by atoms with Gasteiger partial charge < -0.3 is 10.2 Å². The summed E-state index contributed by atoms with van der Waals surface area (Å²) in [6, 6.07) is 4.94. The Bertz CT molecular complexity index is 524. The van der Waals surface area contributed by atoms with Crippen LogP contribution in [0.1, 0.15) is 28.8 Å². The van der Waals surface area contributed by atoms with Crippen LogP contribution in [0.25, 0.3) is 0 Å². The van der Waals surface area contributed by atoms with Crippen molar-refractivity contribution in [2.24, 2.45) is 0 Å². The minimum Gasteiger partial charge on any atom is -0.340 e. The molecule has 20 heavy (non-hydrogen) atoms. The van der Waals surface area contributed by atoms with Crippen LogP contribution in [-0.4, -0.2) is 41.9 Å². The zero-order chi connectivity index (χ0) is 14.7. The normalized spacial score (nSPS) is 18.0. The average molecular weight is 277 g/mol. The Balaban J connectivity index is 2.15. The van der Waals surface area contributed by atoms with Gasteiger partial charge in [-0.15, -0.1) is 0 Å². The zero-order valence-corrected chi connectivity index (χ0v) is 11.8. The Morgan fingerprint density at radius 3 is 2.90 bits per heavy atom. The SMILES string of the molecule is Cc1c(C(=O)N(C)CC2CCCN2)cccc1[N+](=O)[O-]. The lowest BCUT2D eigenvalue weighted by Crippen LogP contribution is -2.38. The number of benzene rings is 1. The Morgan fingerprint density at radius 2 is 2.30 bits per heavy atom. The van der Waals surface area contributed by atoms with Gasteiger partial charge in [0, 0.05) is 36.8 Å². The van der Waals surface area contributed by atoms with E-state index in [4.69, 9.17) is 0 Å². The number of hydrogen-bond donors (Lipinski definition) is 1. The fourth-order valence-corrected chi connectivity index (χ4v) is 2.58. The van der Waals surface area contributed by atoms with E-state index in [2.05, 4.69) is 5.32 Å². The molecule has 6 heteroatoms. The molecule has 0 spiro atoms. The van der Waals surface area contributed by atoms with Gasteiger partial charge in [-0.25, -0.2) is 0 Å². The Kier molecular flexibility index (Phi) is 4.34. The van der Waals surface area contributed by atoms with Crippen molar-refractivity contribution >= 4 is 11.6 Å². The van der Waals surface area contributed by atoms with E-state index in [9.17, 15) is 14.9 Å². The van der Waals surface area contributed by atoms with Gasteiger partial charge in [0.05, 0.1) is 4.92 Å². The summed E-state index contributed by atoms with van der Waals surface area (Å²) in [5, 5.41) is 14.3. The van der Waals surface area contributed by atoms with Gasteiger partial charge in [0.1, 0.15) is 0 Å². The highest BCUT2D eigenvalue weighted by atomic mass is 16.6. The van der Waals surface area contributed by atoms with E-state index >= 15 is 0 Å². The molecule has 1 N–H and O–H groups in total. The fraction of sp³-hybridized carbons (Fsp3) is 0.500. The average Bonchev–Trinajstić information content (AvgIpc) is 2.90. The lowest BCUT2D eigenvalue weighted by atomic mass is 10.1. The first kappa shape index (κ1) is 14.5. The molecule has 1 aliphatic heterocycles. The first-order valence-electron chi connectivity index (χ1n) is 6.73. The van der Waals surface area contributed by atoms with Crippen molar-refractivity contribution < 1.29 is 9.72 Å². The molecule has 6 nitrogen and oxygen atoms in total. The number of amides is 1. The second-order valence-corrected chi connectivity index (χ2v) is 5.19. The quantitative estimate of drug-likeness (QED) is 0.671. The van der Waals surface area contributed by atoms with Crippen molar-refractivity contribution in [2.75, 3.05) is 20.1 Å². The number of nitrogens with zero attached hydrogens (tertiary/aromatic N) is 2. The zero-order valence-electron chi connectivity index (χ0n) is 11.8. The van der Waals surface area contributed by atoms with Gasteiger partial charge in [-0.3, -0.25) is 14.9 Å². The predicted molar refractivity (Wildman–Crippen MR) is 75.8 cm³/mol. The second kappa shape index (κ2) is 6.00. The van der Waals surface area contributed by atoms with Crippen molar-refractivity contribution in [3.8, 4) is 0 Å². The Morgan fingerprint density at radius 1 is 1.55 bits per heavy atom. The molecule has 1 heterocycles. The van der Waals surface area contributed by atoms with Crippen LogP contribution in [-0.2, 0) is 0 Å². The Labute approximate surface area is 117 Å². The molecule has 1 amide bonds. The largest absolute Gasteiger partial charge is 0.340 e. The molecule has 1 atom stereocenters. The fourth-order valence-electron chi connectivity index (χ4n) is 2.58. The molecule has 108 valence electrons. The van der Waals surface area contributed by atoms with Gasteiger partial charge in [0.2, 0.25) is 0 Å². The number of nitrogens with one attached hydrogen (secondary N) is 1. The van der Waals surface area contributed by atoms with E-state index in [1.807, 2.05) is 0 Å². The van der Waals surface area contributed by atoms with Crippen LogP contribution in [0.5, 0.6) is 0 Å². The second-order valence-electron chi connectivity index (χ2n) is 5.19. The summed E-state index contributed by atoms with van der Waals surface area (Å²) < 4.78 is 0. The molecule has 1 saturated heterocycles. The molecule has 1 aromatic carbocycles. The highest BCUT2D eigenvalue weighted by molar-refractivity contribution is 5.96. The van der Waals surface area contributed by atoms with Crippen LogP contribution in [0.15, 0.2) is 18.2 Å². The Hall–Kier alpha value is -1.95. The number of nitro groups is 1. The van der Waals surface area contributed by atoms with Gasteiger partial charge in [0.15, 0.2) is 0 Å². The minimum atomic E-state index is -0.454. The lowest BCUT2D eigenvalue weighted by molar-refractivity contribution is -0.385. The van der Waals surface area contributed by atoms with Crippen molar-refractivity contribution in [1.82, 2.24) is 10.2 Å². The number of carbonyl (C=O) groups excluding carboxylic acids is 1. The van der Waals surface area contributed by atoms with E-state index in [-0.39, 0.29) is 11.6 Å². The first-order chi connectivity index (χ1) is 9.50. The van der Waals surface area contributed by atoms with Gasteiger partial charge in [-0.05, 0) is 32.4 Å². The summed E-state index contributed by atoms with van der Waals surface area (Å²) in [5.41, 5.74) is 0.816. The number of likely N-dealkylation sites (N-methyl/N-ethyl adjacent to an activating group) is 1. The van der Waals surface area contributed by atoms with E-state index in [0.717, 1.165) is 19.4 Å². The lowest BCUT2D eigenvalue weighted by Gasteiger charge is -2.22. The van der Waals surface area contributed by atoms with Crippen LogP contribution in [0.2, 0.25) is 0 Å². The molecule has 2 rings (SSSR count). The first-order valence-corrected chi connectivity index (χ1v) is 6.73. The summed E-state index contributed by atoms with van der Waals surface area (Å²) in [7, 11) is 1.74. The summed E-state index contributed by atoms with van der Waals surface area (Å²) in [6.07, 6.45) is 2.19. The van der Waals surface area contributed by atoms with E-state index in [1.54, 1.807) is 31.0 Å². The molecular weight excluding hydrogens is 258 g/mol. The summed E-state index contributed by atoms with van der Waals surface area (Å²) >= 11 is 0. The summed E-state index contributed by atoms with van der Waals surface area (Å²) in [5.74, 6) is -0.167. The van der Waals surface area contributed by atoms with Gasteiger partial charge in [-0.2, -0.15) is 0 Å². The maximum atomic E-state index is 12.4. The number of hydrogen-bond acceptors (Lipinski definition) is 4. The highest BCUT2D eigenvalue weighted by Crippen LogP contribution is 2.22. The maximum Gasteiger partial charge on any atom is 0.273 e. The summed E-state index contributed by atoms with van der Waals surface area (Å²) in [4.78, 5) is 24.5. The molecule has 0 radical (unpaired) electrons. The van der Waals surface area contributed by atoms with E-state index < -0.39 is 4.92 Å². The molecule has 0 aliphatic carbocycles. The monoisotopic (exact) mass is 277 g/mol. The molecule has 0 aromatic heterocycles. The molecule has 0 saturated carbocycles. The third kappa shape index (κ3) is 2.96. The number of rotatable bonds is 4. The third-order valence-corrected chi connectivity index (χ3v) is 3.74. The van der Waals surface area contributed by atoms with Crippen LogP contribution in [0.4, 0.5) is 5.69 Å². The number of nitro benzene ring substituents is 1. The van der Waals surface area contributed by atoms with Gasteiger partial charge in [0.25, 0.3) is 11.6 Å². The highest BCUT2D eigenvalue weighted by Gasteiger charge is 2.23. The van der Waals surface area contributed by atoms with Crippen molar-refractivity contribution in [1.29, 1.82) is 0 Å². The predicted octanol–water partition coefficient (Wildman–Crippen LogP) is 1.73. The molecule has 0 bridgehead atoms. The van der Waals surface area contributed by atoms with Crippen LogP contribution in [0, 0.1) is 17.0 Å². The minimum absolute atomic E-state index is 0.0109. The van der Waals surface area contributed by atoms with Gasteiger partial charge >= 0.3 is 0 Å². The van der Waals surface area contributed by atoms with Crippen molar-refractivity contribution in [3.05, 3.63) is 39.4 Å². The number of carbonyl (C=O) groups is 1. The summed E-state index contributed by atoms with van der Waals surface area (Å²) in [6.45, 7) is 3.23. The van der Waals surface area contributed by atoms with E-state index in [1.165, 1.54) is 6.07 Å². The van der Waals surface area contributed by atoms with E-state index in [0.29, 0.717) is 23.7 Å². The molecule has 1 unspecified atom stereocenters. The van der Waals surface area contributed by atoms with Crippen LogP contribution in [0.3, 0.4) is 0 Å². The molecular formula is C14H19N3O3. The maximum absolute atomic E-state index is 12.4. The van der Waals surface area contributed by atoms with Crippen LogP contribution >= 0.6 is 0 Å². The molecule has 1 fully saturated rings. The molecule has 1 aromatic rings. The van der Waals surface area contributed by atoms with Crippen molar-refractivity contribution in [3.63, 3.8) is 0 Å². The standard InChI is InChI=1S/C14H19N3O3/c1-10-12(6-3-7-13(10)17(19)20)14(18)16(2)9-11-5-4-8-15-11/h3,6-7,11,15H,4-5,8-9H2,1-2H3.